The third-order valence-electron chi connectivity index (χ3n) is 6.59. The molecule has 1 aliphatic rings. The summed E-state index contributed by atoms with van der Waals surface area (Å²) >= 11 is 6.84. The molecule has 1 aliphatic heterocycles. The number of benzene rings is 2. The first-order chi connectivity index (χ1) is 18.1. The Bertz CT molecular complexity index is 1320. The van der Waals surface area contributed by atoms with E-state index < -0.39 is 0 Å². The van der Waals surface area contributed by atoms with E-state index in [9.17, 15) is 0 Å². The molecule has 3 heterocycles. The zero-order valence-electron chi connectivity index (χ0n) is 21.6. The van der Waals surface area contributed by atoms with E-state index in [1.807, 2.05) is 35.1 Å². The van der Waals surface area contributed by atoms with Gasteiger partial charge in [0.1, 0.15) is 19.0 Å². The number of fused-ring (bicyclic) bond motifs is 1. The quantitative estimate of drug-likeness (QED) is 0.236. The Morgan fingerprint density at radius 3 is 2.49 bits per heavy atom. The lowest BCUT2D eigenvalue weighted by Crippen LogP contribution is -2.24. The number of hydrogen-bond donors (Lipinski definition) is 0. The first kappa shape index (κ1) is 25.4. The Kier molecular flexibility index (Phi) is 8.12. The minimum absolute atomic E-state index is 0.561. The van der Waals surface area contributed by atoms with Crippen molar-refractivity contribution in [1.29, 1.82) is 0 Å². The minimum atomic E-state index is 0.561. The van der Waals surface area contributed by atoms with Crippen LogP contribution in [-0.2, 0) is 32.7 Å². The predicted octanol–water partition coefficient (Wildman–Crippen LogP) is 6.19. The van der Waals surface area contributed by atoms with Crippen LogP contribution in [0.5, 0.6) is 11.5 Å². The highest BCUT2D eigenvalue weighted by molar-refractivity contribution is 6.30. The lowest BCUT2D eigenvalue weighted by atomic mass is 10.1. The van der Waals surface area contributed by atoms with Crippen LogP contribution in [0, 0.1) is 0 Å². The smallest absolute Gasteiger partial charge is 0.161 e. The van der Waals surface area contributed by atoms with Crippen LogP contribution in [0.1, 0.15) is 43.5 Å². The molecular formula is C29H34ClN5O2. The van der Waals surface area contributed by atoms with Gasteiger partial charge in [-0.2, -0.15) is 5.10 Å². The molecule has 0 saturated carbocycles. The predicted molar refractivity (Wildman–Crippen MR) is 146 cm³/mol. The Morgan fingerprint density at radius 2 is 1.73 bits per heavy atom. The summed E-state index contributed by atoms with van der Waals surface area (Å²) in [7, 11) is 0. The molecular weight excluding hydrogens is 486 g/mol. The van der Waals surface area contributed by atoms with Crippen molar-refractivity contribution >= 4 is 11.6 Å². The van der Waals surface area contributed by atoms with E-state index in [-0.39, 0.29) is 0 Å². The van der Waals surface area contributed by atoms with Gasteiger partial charge >= 0.3 is 0 Å². The molecule has 8 heteroatoms. The topological polar surface area (TPSA) is 57.3 Å². The van der Waals surface area contributed by atoms with Gasteiger partial charge in [-0.3, -0.25) is 9.58 Å². The number of aromatic nitrogens is 4. The summed E-state index contributed by atoms with van der Waals surface area (Å²) in [5.74, 6) is 2.53. The summed E-state index contributed by atoms with van der Waals surface area (Å²) in [4.78, 5) is 7.22. The highest BCUT2D eigenvalue weighted by Gasteiger charge is 2.21. The van der Waals surface area contributed by atoms with Gasteiger partial charge in [0.15, 0.2) is 16.7 Å². The molecule has 0 atom stereocenters. The monoisotopic (exact) mass is 519 g/mol. The molecule has 7 nitrogen and oxygen atoms in total. The van der Waals surface area contributed by atoms with Crippen molar-refractivity contribution in [3.8, 4) is 22.9 Å². The van der Waals surface area contributed by atoms with Gasteiger partial charge < -0.3 is 14.0 Å². The highest BCUT2D eigenvalue weighted by atomic mass is 35.5. The van der Waals surface area contributed by atoms with E-state index in [0.29, 0.717) is 24.9 Å². The van der Waals surface area contributed by atoms with E-state index >= 15 is 0 Å². The van der Waals surface area contributed by atoms with E-state index in [2.05, 4.69) is 58.9 Å². The van der Waals surface area contributed by atoms with Crippen LogP contribution in [0.2, 0.25) is 5.15 Å². The van der Waals surface area contributed by atoms with Crippen LogP contribution in [0.3, 0.4) is 0 Å². The third-order valence-corrected chi connectivity index (χ3v) is 6.90. The van der Waals surface area contributed by atoms with Gasteiger partial charge in [-0.1, -0.05) is 61.3 Å². The summed E-state index contributed by atoms with van der Waals surface area (Å²) in [5.41, 5.74) is 4.44. The molecule has 2 aromatic heterocycles. The molecule has 0 amide bonds. The van der Waals surface area contributed by atoms with Crippen LogP contribution in [0.4, 0.5) is 0 Å². The summed E-state index contributed by atoms with van der Waals surface area (Å²) in [6.45, 7) is 9.32. The van der Waals surface area contributed by atoms with Crippen LogP contribution in [0.25, 0.3) is 11.4 Å². The maximum atomic E-state index is 6.84. The molecule has 37 heavy (non-hydrogen) atoms. The molecule has 0 fully saturated rings. The Balaban J connectivity index is 1.47. The van der Waals surface area contributed by atoms with Gasteiger partial charge in [-0.25, -0.2) is 4.98 Å². The van der Waals surface area contributed by atoms with E-state index in [0.717, 1.165) is 73.2 Å². The first-order valence-corrected chi connectivity index (χ1v) is 13.4. The average molecular weight is 520 g/mol. The van der Waals surface area contributed by atoms with Gasteiger partial charge in [0, 0.05) is 50.0 Å². The van der Waals surface area contributed by atoms with Crippen LogP contribution in [0.15, 0.2) is 60.9 Å². The number of nitrogens with zero attached hydrogens (tertiary/aromatic N) is 5. The molecule has 0 unspecified atom stereocenters. The highest BCUT2D eigenvalue weighted by Crippen LogP contribution is 2.32. The minimum Gasteiger partial charge on any atom is -0.486 e. The molecule has 0 saturated heterocycles. The lowest BCUT2D eigenvalue weighted by molar-refractivity contribution is 0.170. The number of ether oxygens (including phenoxy) is 2. The van der Waals surface area contributed by atoms with E-state index in [1.165, 1.54) is 5.56 Å². The number of rotatable bonds is 11. The van der Waals surface area contributed by atoms with Crippen molar-refractivity contribution in [3.05, 3.63) is 82.9 Å². The van der Waals surface area contributed by atoms with Crippen molar-refractivity contribution in [2.75, 3.05) is 13.2 Å². The van der Waals surface area contributed by atoms with Gasteiger partial charge in [-0.05, 0) is 31.0 Å². The van der Waals surface area contributed by atoms with Gasteiger partial charge in [0.05, 0.1) is 11.9 Å². The molecule has 4 aromatic rings. The number of aryl methyl sites for hydroxylation is 1. The summed E-state index contributed by atoms with van der Waals surface area (Å²) in [6, 6.07) is 16.5. The Morgan fingerprint density at radius 1 is 0.946 bits per heavy atom. The van der Waals surface area contributed by atoms with Crippen molar-refractivity contribution in [3.63, 3.8) is 0 Å². The maximum absolute atomic E-state index is 6.84. The van der Waals surface area contributed by atoms with Crippen LogP contribution in [-0.4, -0.2) is 37.4 Å². The van der Waals surface area contributed by atoms with Gasteiger partial charge in [0.2, 0.25) is 0 Å². The second kappa shape index (κ2) is 11.8. The molecule has 194 valence electrons. The fraction of sp³-hybridized carbons (Fsp3) is 0.379. The molecule has 2 aromatic carbocycles. The summed E-state index contributed by atoms with van der Waals surface area (Å²) in [5, 5.41) is 5.05. The average Bonchev–Trinajstić information content (AvgIpc) is 3.51. The van der Waals surface area contributed by atoms with Crippen molar-refractivity contribution in [2.45, 2.75) is 59.4 Å². The largest absolute Gasteiger partial charge is 0.486 e. The van der Waals surface area contributed by atoms with E-state index in [4.69, 9.17) is 26.1 Å². The Hall–Kier alpha value is -3.29. The second-order valence-corrected chi connectivity index (χ2v) is 9.73. The van der Waals surface area contributed by atoms with Crippen LogP contribution >= 0.6 is 11.6 Å². The zero-order valence-corrected chi connectivity index (χ0v) is 22.3. The Labute approximate surface area is 223 Å². The maximum Gasteiger partial charge on any atom is 0.161 e. The zero-order chi connectivity index (χ0) is 25.6. The first-order valence-electron chi connectivity index (χ1n) is 13.1. The molecule has 0 aliphatic carbocycles. The third kappa shape index (κ3) is 6.00. The molecule has 0 radical (unpaired) electrons. The SMILES string of the molecule is CCCCn1c(-c2ccccc2)nc(Cl)c1CN(Cc1ccc2c(c1)OCCO2)Cc1cnn(CC)c1. The second-order valence-electron chi connectivity index (χ2n) is 9.37. The molecule has 5 rings (SSSR count). The van der Waals surface area contributed by atoms with Gasteiger partial charge in [-0.15, -0.1) is 0 Å². The summed E-state index contributed by atoms with van der Waals surface area (Å²) < 4.78 is 15.8. The number of imidazole rings is 1. The van der Waals surface area contributed by atoms with Crippen LogP contribution < -0.4 is 9.47 Å². The van der Waals surface area contributed by atoms with Crippen molar-refractivity contribution in [2.24, 2.45) is 0 Å². The van der Waals surface area contributed by atoms with Gasteiger partial charge in [0.25, 0.3) is 0 Å². The fourth-order valence-electron chi connectivity index (χ4n) is 4.72. The molecule has 0 N–H and O–H groups in total. The van der Waals surface area contributed by atoms with Crippen molar-refractivity contribution in [1.82, 2.24) is 24.2 Å². The summed E-state index contributed by atoms with van der Waals surface area (Å²) in [6.07, 6.45) is 6.22. The van der Waals surface area contributed by atoms with E-state index in [1.54, 1.807) is 0 Å². The standard InChI is InChI=1S/C29H34ClN5O2/c1-3-5-13-35-25(28(30)32-29(35)24-9-7-6-8-10-24)21-33(19-23-17-31-34(4-2)20-23)18-22-11-12-26-27(16-22)37-15-14-36-26/h6-12,16-17,20H,3-5,13-15,18-19,21H2,1-2H3. The fourth-order valence-corrected chi connectivity index (χ4v) is 4.96. The lowest BCUT2D eigenvalue weighted by Gasteiger charge is -2.24. The van der Waals surface area contributed by atoms with Crippen molar-refractivity contribution < 1.29 is 9.47 Å². The number of hydrogen-bond acceptors (Lipinski definition) is 5. The molecule has 0 spiro atoms. The number of halogens is 1. The normalized spacial score (nSPS) is 12.9. The molecule has 0 bridgehead atoms. The number of unbranched alkanes of at least 4 members (excludes halogenated alkanes) is 1.